The van der Waals surface area contributed by atoms with E-state index in [1.165, 1.54) is 9.75 Å². The molecule has 132 valence electrons. The molecule has 0 spiro atoms. The van der Waals surface area contributed by atoms with Crippen LogP contribution < -0.4 is 10.6 Å². The number of aryl methyl sites for hydroxylation is 2. The van der Waals surface area contributed by atoms with Gasteiger partial charge < -0.3 is 15.2 Å². The molecule has 6 nitrogen and oxygen atoms in total. The number of fused-ring (bicyclic) bond motifs is 1. The smallest absolute Gasteiger partial charge is 0.191 e. The van der Waals surface area contributed by atoms with Gasteiger partial charge in [0.15, 0.2) is 11.8 Å². The van der Waals surface area contributed by atoms with Gasteiger partial charge in [-0.3, -0.25) is 0 Å². The summed E-state index contributed by atoms with van der Waals surface area (Å²) >= 11 is 1.85. The van der Waals surface area contributed by atoms with E-state index in [1.54, 1.807) is 0 Å². The number of thiophene rings is 1. The topological polar surface area (TPSA) is 67.1 Å². The van der Waals surface area contributed by atoms with Crippen LogP contribution in [0.25, 0.3) is 0 Å². The molecule has 0 saturated heterocycles. The molecule has 1 aliphatic rings. The summed E-state index contributed by atoms with van der Waals surface area (Å²) in [6, 6.07) is 4.39. The molecule has 0 fully saturated rings. The van der Waals surface area contributed by atoms with Crippen LogP contribution in [0.1, 0.15) is 41.7 Å². The van der Waals surface area contributed by atoms with E-state index in [2.05, 4.69) is 56.4 Å². The van der Waals surface area contributed by atoms with Crippen LogP contribution >= 0.6 is 35.3 Å². The van der Waals surface area contributed by atoms with Gasteiger partial charge in [-0.2, -0.15) is 0 Å². The Labute approximate surface area is 164 Å². The summed E-state index contributed by atoms with van der Waals surface area (Å²) in [6.45, 7) is 7.49. The monoisotopic (exact) mass is 460 g/mol. The predicted molar refractivity (Wildman–Crippen MR) is 109 cm³/mol. The molecule has 3 rings (SSSR count). The summed E-state index contributed by atoms with van der Waals surface area (Å²) in [5.74, 6) is 2.88. The molecule has 0 amide bonds. The lowest BCUT2D eigenvalue weighted by molar-refractivity contribution is 0.684. The molecule has 0 bridgehead atoms. The van der Waals surface area contributed by atoms with Crippen molar-refractivity contribution in [2.24, 2.45) is 4.99 Å². The average molecular weight is 460 g/mol. The molecule has 2 N–H and O–H groups in total. The number of rotatable bonds is 6. The standard InChI is InChI=1S/C16H24N6S.HI/c1-3-12-7-8-13(23-12)10-18-16(17-4-2)19-11-15-21-20-14-6-5-9-22(14)15;/h7-8H,3-6,9-11H2,1-2H3,(H2,17,18,19);1H. The molecule has 1 aliphatic heterocycles. The third-order valence-corrected chi connectivity index (χ3v) is 5.13. The summed E-state index contributed by atoms with van der Waals surface area (Å²) in [5.41, 5.74) is 0. The highest BCUT2D eigenvalue weighted by Crippen LogP contribution is 2.16. The fourth-order valence-corrected chi connectivity index (χ4v) is 3.60. The molecule has 2 aromatic heterocycles. The minimum absolute atomic E-state index is 0. The van der Waals surface area contributed by atoms with Crippen molar-refractivity contribution in [3.63, 3.8) is 0 Å². The van der Waals surface area contributed by atoms with Crippen LogP contribution in [0.15, 0.2) is 17.1 Å². The van der Waals surface area contributed by atoms with Gasteiger partial charge in [0.05, 0.1) is 6.54 Å². The number of nitrogens with zero attached hydrogens (tertiary/aromatic N) is 4. The van der Waals surface area contributed by atoms with Crippen molar-refractivity contribution >= 4 is 41.3 Å². The zero-order chi connectivity index (χ0) is 16.1. The SMILES string of the molecule is CCNC(=NCc1nnc2n1CCC2)NCc1ccc(CC)s1.I. The maximum absolute atomic E-state index is 4.65. The normalized spacial score (nSPS) is 13.5. The van der Waals surface area contributed by atoms with Crippen molar-refractivity contribution < 1.29 is 0 Å². The maximum atomic E-state index is 4.65. The zero-order valence-corrected chi connectivity index (χ0v) is 17.4. The Balaban J connectivity index is 0.00000208. The summed E-state index contributed by atoms with van der Waals surface area (Å²) in [7, 11) is 0. The molecule has 0 radical (unpaired) electrons. The Hall–Kier alpha value is -1.16. The highest BCUT2D eigenvalue weighted by molar-refractivity contribution is 14.0. The van der Waals surface area contributed by atoms with Crippen LogP contribution in [0.2, 0.25) is 0 Å². The highest BCUT2D eigenvalue weighted by Gasteiger charge is 2.16. The van der Waals surface area contributed by atoms with Gasteiger partial charge in [0.2, 0.25) is 0 Å². The van der Waals surface area contributed by atoms with Crippen molar-refractivity contribution in [1.29, 1.82) is 0 Å². The summed E-state index contributed by atoms with van der Waals surface area (Å²) in [4.78, 5) is 7.40. The minimum Gasteiger partial charge on any atom is -0.357 e. The Morgan fingerprint density at radius 2 is 2.08 bits per heavy atom. The maximum Gasteiger partial charge on any atom is 0.191 e. The first kappa shape index (κ1) is 19.2. The van der Waals surface area contributed by atoms with Crippen LogP contribution in [-0.4, -0.2) is 27.3 Å². The van der Waals surface area contributed by atoms with E-state index in [1.807, 2.05) is 11.3 Å². The fourth-order valence-electron chi connectivity index (χ4n) is 2.70. The van der Waals surface area contributed by atoms with E-state index in [0.717, 1.165) is 56.5 Å². The molecule has 0 unspecified atom stereocenters. The first-order valence-electron chi connectivity index (χ1n) is 8.30. The number of halogens is 1. The van der Waals surface area contributed by atoms with Crippen LogP contribution in [0, 0.1) is 0 Å². The quantitative estimate of drug-likeness (QED) is 0.395. The third kappa shape index (κ3) is 4.69. The Morgan fingerprint density at radius 3 is 2.83 bits per heavy atom. The molecule has 0 atom stereocenters. The second-order valence-corrected chi connectivity index (χ2v) is 6.81. The van der Waals surface area contributed by atoms with Crippen LogP contribution in [0.5, 0.6) is 0 Å². The van der Waals surface area contributed by atoms with Gasteiger partial charge >= 0.3 is 0 Å². The first-order valence-corrected chi connectivity index (χ1v) is 9.12. The van der Waals surface area contributed by atoms with Crippen molar-refractivity contribution in [3.8, 4) is 0 Å². The Bertz CT molecular complexity index is 678. The fraction of sp³-hybridized carbons (Fsp3) is 0.562. The van der Waals surface area contributed by atoms with E-state index >= 15 is 0 Å². The van der Waals surface area contributed by atoms with Crippen molar-refractivity contribution in [1.82, 2.24) is 25.4 Å². The predicted octanol–water partition coefficient (Wildman–Crippen LogP) is 2.72. The molecule has 8 heteroatoms. The highest BCUT2D eigenvalue weighted by atomic mass is 127. The van der Waals surface area contributed by atoms with Crippen LogP contribution in [0.3, 0.4) is 0 Å². The van der Waals surface area contributed by atoms with Crippen molar-refractivity contribution in [3.05, 3.63) is 33.5 Å². The average Bonchev–Trinajstić information content (AvgIpc) is 3.27. The summed E-state index contributed by atoms with van der Waals surface area (Å²) in [6.07, 6.45) is 3.29. The Kier molecular flexibility index (Phi) is 7.47. The van der Waals surface area contributed by atoms with Gasteiger partial charge in [0, 0.05) is 29.3 Å². The first-order chi connectivity index (χ1) is 11.3. The van der Waals surface area contributed by atoms with Crippen molar-refractivity contribution in [2.45, 2.75) is 52.7 Å². The minimum atomic E-state index is 0. The third-order valence-electron chi connectivity index (χ3n) is 3.90. The Morgan fingerprint density at radius 1 is 1.25 bits per heavy atom. The van der Waals surface area contributed by atoms with Gasteiger partial charge in [0.1, 0.15) is 12.4 Å². The summed E-state index contributed by atoms with van der Waals surface area (Å²) < 4.78 is 2.19. The molecule has 0 aromatic carbocycles. The van der Waals surface area contributed by atoms with Gasteiger partial charge in [-0.25, -0.2) is 4.99 Å². The molecular formula is C16H25IN6S. The number of hydrogen-bond donors (Lipinski definition) is 2. The number of hydrogen-bond acceptors (Lipinski definition) is 4. The van der Waals surface area contributed by atoms with Crippen LogP contribution in [0.4, 0.5) is 0 Å². The second kappa shape index (κ2) is 9.36. The molecule has 24 heavy (non-hydrogen) atoms. The van der Waals surface area contributed by atoms with Gasteiger partial charge in [-0.1, -0.05) is 6.92 Å². The van der Waals surface area contributed by atoms with Gasteiger partial charge in [0.25, 0.3) is 0 Å². The van der Waals surface area contributed by atoms with E-state index in [0.29, 0.717) is 6.54 Å². The van der Waals surface area contributed by atoms with Gasteiger partial charge in [-0.15, -0.1) is 45.5 Å². The molecule has 0 aliphatic carbocycles. The van der Waals surface area contributed by atoms with Gasteiger partial charge in [-0.05, 0) is 31.9 Å². The lowest BCUT2D eigenvalue weighted by Crippen LogP contribution is -2.36. The van der Waals surface area contributed by atoms with Crippen LogP contribution in [-0.2, 0) is 32.5 Å². The van der Waals surface area contributed by atoms with E-state index in [9.17, 15) is 0 Å². The van der Waals surface area contributed by atoms with E-state index < -0.39 is 0 Å². The van der Waals surface area contributed by atoms with E-state index in [-0.39, 0.29) is 24.0 Å². The largest absolute Gasteiger partial charge is 0.357 e. The molecule has 2 aromatic rings. The zero-order valence-electron chi connectivity index (χ0n) is 14.2. The van der Waals surface area contributed by atoms with E-state index in [4.69, 9.17) is 0 Å². The lowest BCUT2D eigenvalue weighted by Gasteiger charge is -2.10. The number of aliphatic imine (C=N–C) groups is 1. The molecular weight excluding hydrogens is 435 g/mol. The summed E-state index contributed by atoms with van der Waals surface area (Å²) in [5, 5.41) is 15.2. The number of nitrogens with one attached hydrogen (secondary N) is 2. The lowest BCUT2D eigenvalue weighted by atomic mass is 10.4. The number of guanidine groups is 1. The molecule has 3 heterocycles. The second-order valence-electron chi connectivity index (χ2n) is 5.56. The molecule has 0 saturated carbocycles. The van der Waals surface area contributed by atoms with Crippen molar-refractivity contribution in [2.75, 3.05) is 6.54 Å². The number of aromatic nitrogens is 3.